The van der Waals surface area contributed by atoms with Gasteiger partial charge in [0, 0.05) is 66.2 Å². The third-order valence-corrected chi connectivity index (χ3v) is 5.66. The zero-order valence-electron chi connectivity index (χ0n) is 18.5. The lowest BCUT2D eigenvalue weighted by Crippen LogP contribution is -2.30. The van der Waals surface area contributed by atoms with Crippen LogP contribution >= 0.6 is 0 Å². The van der Waals surface area contributed by atoms with E-state index in [9.17, 15) is 9.18 Å². The molecule has 164 valence electrons. The lowest BCUT2D eigenvalue weighted by atomic mass is 10.00. The molecule has 0 spiro atoms. The first-order chi connectivity index (χ1) is 15.3. The molecule has 0 fully saturated rings. The molecule has 0 radical (unpaired) electrons. The lowest BCUT2D eigenvalue weighted by Gasteiger charge is -2.32. The van der Waals surface area contributed by atoms with Crippen molar-refractivity contribution in [2.24, 2.45) is 0 Å². The van der Waals surface area contributed by atoms with Crippen LogP contribution in [0.15, 0.2) is 59.3 Å². The number of allylic oxidation sites excluding steroid dienone is 1. The fourth-order valence-corrected chi connectivity index (χ4v) is 3.76. The van der Waals surface area contributed by atoms with E-state index in [1.54, 1.807) is 6.08 Å². The van der Waals surface area contributed by atoms with E-state index in [4.69, 9.17) is 0 Å². The largest absolute Gasteiger partial charge is 0.367 e. The molecule has 0 saturated heterocycles. The molecule has 0 saturated carbocycles. The van der Waals surface area contributed by atoms with Crippen LogP contribution < -0.4 is 5.56 Å². The predicted octanol–water partition coefficient (Wildman–Crippen LogP) is 4.54. The number of aryl methyl sites for hydroxylation is 1. The fourth-order valence-electron chi connectivity index (χ4n) is 3.76. The highest BCUT2D eigenvalue weighted by molar-refractivity contribution is 5.63. The Kier molecular flexibility index (Phi) is 5.99. The van der Waals surface area contributed by atoms with Gasteiger partial charge in [-0.25, -0.2) is 9.37 Å². The van der Waals surface area contributed by atoms with Crippen LogP contribution in [-0.4, -0.2) is 31.4 Å². The minimum Gasteiger partial charge on any atom is -0.367 e. The van der Waals surface area contributed by atoms with E-state index in [-0.39, 0.29) is 11.3 Å². The van der Waals surface area contributed by atoms with Gasteiger partial charge in [0.05, 0.1) is 5.69 Å². The number of pyridine rings is 2. The first kappa shape index (κ1) is 21.6. The van der Waals surface area contributed by atoms with Crippen molar-refractivity contribution in [3.05, 3.63) is 93.3 Å². The van der Waals surface area contributed by atoms with Crippen LogP contribution in [0.2, 0.25) is 0 Å². The number of rotatable bonds is 5. The number of alkyl halides is 1. The van der Waals surface area contributed by atoms with Crippen molar-refractivity contribution in [3.63, 3.8) is 0 Å². The Morgan fingerprint density at radius 3 is 2.75 bits per heavy atom. The molecule has 1 N–H and O–H groups in total. The van der Waals surface area contributed by atoms with Gasteiger partial charge in [0.25, 0.3) is 5.56 Å². The average molecular weight is 432 g/mol. The summed E-state index contributed by atoms with van der Waals surface area (Å²) in [6.07, 6.45) is 5.01. The molecule has 4 rings (SSSR count). The number of H-pyrrole nitrogens is 1. The zero-order valence-corrected chi connectivity index (χ0v) is 18.5. The average Bonchev–Trinajstić information content (AvgIpc) is 2.78. The molecule has 7 heteroatoms. The summed E-state index contributed by atoms with van der Waals surface area (Å²) < 4.78 is 13.6. The summed E-state index contributed by atoms with van der Waals surface area (Å²) in [4.78, 5) is 29.9. The lowest BCUT2D eigenvalue weighted by molar-refractivity contribution is 0.326. The Balaban J connectivity index is 1.55. The van der Waals surface area contributed by atoms with Gasteiger partial charge in [0.1, 0.15) is 12.0 Å². The summed E-state index contributed by atoms with van der Waals surface area (Å²) in [6, 6.07) is 7.40. The second-order valence-electron chi connectivity index (χ2n) is 8.14. The summed E-state index contributed by atoms with van der Waals surface area (Å²) in [6.45, 7) is 11.0. The minimum absolute atomic E-state index is 0.120. The molecule has 3 aromatic rings. The summed E-state index contributed by atoms with van der Waals surface area (Å²) in [7, 11) is 0. The molecule has 1 aliphatic rings. The second kappa shape index (κ2) is 8.86. The Morgan fingerprint density at radius 1 is 1.25 bits per heavy atom. The van der Waals surface area contributed by atoms with Crippen molar-refractivity contribution in [2.75, 3.05) is 6.54 Å². The summed E-state index contributed by atoms with van der Waals surface area (Å²) in [5.74, 6) is 0.323. The molecule has 1 atom stereocenters. The van der Waals surface area contributed by atoms with Crippen LogP contribution in [0.5, 0.6) is 0 Å². The predicted molar refractivity (Wildman–Crippen MR) is 123 cm³/mol. The van der Waals surface area contributed by atoms with Crippen LogP contribution in [0.4, 0.5) is 4.39 Å². The third-order valence-electron chi connectivity index (χ3n) is 5.66. The smallest absolute Gasteiger partial charge is 0.251 e. The highest BCUT2D eigenvalue weighted by Gasteiger charge is 2.20. The highest BCUT2D eigenvalue weighted by atomic mass is 19.1. The molecule has 3 aromatic heterocycles. The number of hydrogen-bond donors (Lipinski definition) is 1. The number of fused-ring (bicyclic) bond motifs is 1. The molecule has 0 aliphatic carbocycles. The van der Waals surface area contributed by atoms with Gasteiger partial charge in [-0.05, 0) is 50.1 Å². The molecule has 0 aromatic carbocycles. The van der Waals surface area contributed by atoms with Gasteiger partial charge in [0.2, 0.25) is 0 Å². The van der Waals surface area contributed by atoms with E-state index in [1.165, 1.54) is 13.0 Å². The van der Waals surface area contributed by atoms with Gasteiger partial charge in [-0.1, -0.05) is 12.6 Å². The molecular formula is C25H26FN5O. The van der Waals surface area contributed by atoms with Crippen molar-refractivity contribution in [1.82, 2.24) is 24.8 Å². The third kappa shape index (κ3) is 4.66. The van der Waals surface area contributed by atoms with E-state index in [0.717, 1.165) is 52.3 Å². The van der Waals surface area contributed by atoms with Crippen molar-refractivity contribution in [2.45, 2.75) is 39.9 Å². The number of halogens is 1. The Labute approximate surface area is 186 Å². The Hall–Kier alpha value is -3.61. The van der Waals surface area contributed by atoms with Gasteiger partial charge in [-0.3, -0.25) is 14.8 Å². The molecule has 4 heterocycles. The number of hydrogen-bond acceptors (Lipinski definition) is 5. The van der Waals surface area contributed by atoms with Crippen molar-refractivity contribution in [3.8, 4) is 11.1 Å². The topological polar surface area (TPSA) is 74.8 Å². The van der Waals surface area contributed by atoms with Gasteiger partial charge in [-0.15, -0.1) is 0 Å². The molecule has 32 heavy (non-hydrogen) atoms. The maximum Gasteiger partial charge on any atom is 0.251 e. The molecule has 1 unspecified atom stereocenters. The van der Waals surface area contributed by atoms with Crippen LogP contribution in [0.25, 0.3) is 17.2 Å². The van der Waals surface area contributed by atoms with Crippen LogP contribution in [0.1, 0.15) is 48.5 Å². The SMILES string of the molecule is C=C(/C(C)=C\c1nc(C(C)F)cc(=O)[nH]1)N1CCc2ncc(-c3ccc(C)nc3)cc2C1. The van der Waals surface area contributed by atoms with E-state index >= 15 is 0 Å². The van der Waals surface area contributed by atoms with Gasteiger partial charge in [0.15, 0.2) is 0 Å². The monoisotopic (exact) mass is 431 g/mol. The molecule has 6 nitrogen and oxygen atoms in total. The van der Waals surface area contributed by atoms with Gasteiger partial charge in [-0.2, -0.15) is 0 Å². The summed E-state index contributed by atoms with van der Waals surface area (Å²) in [5, 5.41) is 0. The van der Waals surface area contributed by atoms with Crippen molar-refractivity contribution in [1.29, 1.82) is 0 Å². The number of aromatic amines is 1. The Morgan fingerprint density at radius 2 is 2.03 bits per heavy atom. The zero-order chi connectivity index (χ0) is 22.8. The molecule has 0 bridgehead atoms. The van der Waals surface area contributed by atoms with Gasteiger partial charge < -0.3 is 9.88 Å². The fraction of sp³-hybridized carbons (Fsp3) is 0.280. The van der Waals surface area contributed by atoms with Crippen LogP contribution in [0.3, 0.4) is 0 Å². The quantitative estimate of drug-likeness (QED) is 0.601. The first-order valence-electron chi connectivity index (χ1n) is 10.6. The normalized spacial score (nSPS) is 14.8. The van der Waals surface area contributed by atoms with Crippen LogP contribution in [0, 0.1) is 6.92 Å². The second-order valence-corrected chi connectivity index (χ2v) is 8.14. The summed E-state index contributed by atoms with van der Waals surface area (Å²) >= 11 is 0. The number of aromatic nitrogens is 4. The van der Waals surface area contributed by atoms with E-state index in [2.05, 4.69) is 43.5 Å². The van der Waals surface area contributed by atoms with Gasteiger partial charge >= 0.3 is 0 Å². The maximum atomic E-state index is 13.6. The number of nitrogens with zero attached hydrogens (tertiary/aromatic N) is 4. The molecule has 1 aliphatic heterocycles. The molecule has 0 amide bonds. The molecular weight excluding hydrogens is 405 g/mol. The highest BCUT2D eigenvalue weighted by Crippen LogP contribution is 2.27. The summed E-state index contributed by atoms with van der Waals surface area (Å²) in [5.41, 5.74) is 6.73. The van der Waals surface area contributed by atoms with E-state index in [1.807, 2.05) is 32.3 Å². The van der Waals surface area contributed by atoms with Crippen LogP contribution in [-0.2, 0) is 13.0 Å². The standard InChI is InChI=1S/C25H26FN5O/c1-15(9-24-29-23(17(3)26)11-25(32)30-24)18(4)31-8-7-22-21(14-31)10-20(13-28-22)19-6-5-16(2)27-12-19/h5-6,9-13,17H,4,7-8,14H2,1-3H3,(H,29,30,32)/b15-9-. The minimum atomic E-state index is -1.31. The first-order valence-corrected chi connectivity index (χ1v) is 10.6. The van der Waals surface area contributed by atoms with E-state index < -0.39 is 6.17 Å². The number of nitrogens with one attached hydrogen (secondary N) is 1. The van der Waals surface area contributed by atoms with Crippen molar-refractivity contribution < 1.29 is 4.39 Å². The van der Waals surface area contributed by atoms with Crippen molar-refractivity contribution >= 4 is 6.08 Å². The Bertz CT molecular complexity index is 1240. The van der Waals surface area contributed by atoms with E-state index in [0.29, 0.717) is 12.4 Å². The maximum absolute atomic E-state index is 13.6.